The minimum atomic E-state index is -0.338. The molecule has 190 valence electrons. The highest BCUT2D eigenvalue weighted by atomic mass is 32.1. The summed E-state index contributed by atoms with van der Waals surface area (Å²) in [6.07, 6.45) is 7.18. The molecule has 0 spiro atoms. The van der Waals surface area contributed by atoms with Gasteiger partial charge in [-0.2, -0.15) is 9.78 Å². The number of para-hydroxylation sites is 2. The molecule has 5 rings (SSSR count). The molecule has 1 amide bonds. The number of methoxy groups -OCH3 is 2. The van der Waals surface area contributed by atoms with Gasteiger partial charge >= 0.3 is 0 Å². The van der Waals surface area contributed by atoms with E-state index in [9.17, 15) is 9.59 Å². The number of nitrogens with zero attached hydrogens (tertiary/aromatic N) is 3. The number of hydrogen-bond donors (Lipinski definition) is 1. The second-order valence-electron chi connectivity index (χ2n) is 8.48. The molecule has 0 saturated carbocycles. The van der Waals surface area contributed by atoms with Crippen molar-refractivity contribution in [2.75, 3.05) is 26.1 Å². The molecule has 1 aliphatic carbocycles. The number of hydrogen-bond acceptors (Lipinski definition) is 8. The molecule has 0 saturated heterocycles. The molecule has 37 heavy (non-hydrogen) atoms. The summed E-state index contributed by atoms with van der Waals surface area (Å²) in [6.45, 7) is -0.214. The number of anilines is 1. The smallest absolute Gasteiger partial charge is 0.282 e. The summed E-state index contributed by atoms with van der Waals surface area (Å²) in [7, 11) is 3.05. The number of thiophene rings is 1. The maximum atomic E-state index is 13.1. The number of ether oxygens (including phenoxy) is 3. The fourth-order valence-electron chi connectivity index (χ4n) is 4.31. The van der Waals surface area contributed by atoms with Crippen LogP contribution in [-0.2, 0) is 17.6 Å². The van der Waals surface area contributed by atoms with Gasteiger partial charge < -0.3 is 19.5 Å². The predicted octanol–water partition coefficient (Wildman–Crippen LogP) is 4.25. The zero-order valence-corrected chi connectivity index (χ0v) is 21.3. The molecule has 2 aromatic carbocycles. The van der Waals surface area contributed by atoms with Crippen molar-refractivity contribution in [1.29, 1.82) is 0 Å². The van der Waals surface area contributed by atoms with E-state index in [1.54, 1.807) is 53.9 Å². The first-order valence-corrected chi connectivity index (χ1v) is 12.7. The lowest BCUT2D eigenvalue weighted by Gasteiger charge is -2.12. The van der Waals surface area contributed by atoms with Crippen molar-refractivity contribution >= 4 is 39.4 Å². The van der Waals surface area contributed by atoms with E-state index in [1.807, 2.05) is 6.07 Å². The molecule has 1 aliphatic rings. The fraction of sp³-hybridized carbons (Fsp3) is 0.259. The highest BCUT2D eigenvalue weighted by Crippen LogP contribution is 2.33. The van der Waals surface area contributed by atoms with E-state index >= 15 is 0 Å². The van der Waals surface area contributed by atoms with Gasteiger partial charge in [0.2, 0.25) is 0 Å². The predicted molar refractivity (Wildman–Crippen MR) is 144 cm³/mol. The summed E-state index contributed by atoms with van der Waals surface area (Å²) >= 11 is 1.61. The number of rotatable bonds is 8. The zero-order valence-electron chi connectivity index (χ0n) is 20.5. The van der Waals surface area contributed by atoms with Crippen LogP contribution >= 0.6 is 11.3 Å². The van der Waals surface area contributed by atoms with Crippen LogP contribution in [0.3, 0.4) is 0 Å². The normalized spacial score (nSPS) is 12.9. The Labute approximate surface area is 217 Å². The highest BCUT2D eigenvalue weighted by Gasteiger charge is 2.20. The van der Waals surface area contributed by atoms with Crippen molar-refractivity contribution in [3.63, 3.8) is 0 Å². The summed E-state index contributed by atoms with van der Waals surface area (Å²) < 4.78 is 17.6. The molecule has 0 radical (unpaired) electrons. The van der Waals surface area contributed by atoms with Gasteiger partial charge in [0, 0.05) is 4.88 Å². The molecule has 4 aromatic rings. The van der Waals surface area contributed by atoms with Gasteiger partial charge in [-0.1, -0.05) is 12.1 Å². The van der Waals surface area contributed by atoms with E-state index in [-0.39, 0.29) is 18.1 Å². The van der Waals surface area contributed by atoms with Crippen LogP contribution in [0.15, 0.2) is 58.7 Å². The van der Waals surface area contributed by atoms with Crippen LogP contribution in [-0.4, -0.2) is 42.6 Å². The quantitative estimate of drug-likeness (QED) is 0.350. The minimum Gasteiger partial charge on any atom is -0.495 e. The molecule has 0 fully saturated rings. The van der Waals surface area contributed by atoms with Crippen LogP contribution in [0.4, 0.5) is 5.69 Å². The standard InChI is InChI=1S/C27H26N4O5S/c1-34-20-9-5-4-8-19(20)30-24(32)15-36-21-12-11-17(13-22(21)35-2)14-29-31-16-28-26-25(27(31)33)18-7-3-6-10-23(18)37-26/h4-5,8-9,11-14,16H,3,6-7,10,15H2,1-2H3,(H,30,32)/b29-14+. The number of carbonyl (C=O) groups excluding carboxylic acids is 1. The summed E-state index contributed by atoms with van der Waals surface area (Å²) in [5.74, 6) is 1.06. The van der Waals surface area contributed by atoms with Crippen LogP contribution in [0.1, 0.15) is 28.8 Å². The Morgan fingerprint density at radius 2 is 1.92 bits per heavy atom. The van der Waals surface area contributed by atoms with E-state index in [0.717, 1.165) is 36.1 Å². The lowest BCUT2D eigenvalue weighted by molar-refractivity contribution is -0.118. The first-order valence-electron chi connectivity index (χ1n) is 11.9. The van der Waals surface area contributed by atoms with Crippen LogP contribution in [0.25, 0.3) is 10.2 Å². The van der Waals surface area contributed by atoms with E-state index in [4.69, 9.17) is 14.2 Å². The highest BCUT2D eigenvalue weighted by molar-refractivity contribution is 7.18. The lowest BCUT2D eigenvalue weighted by Crippen LogP contribution is -2.20. The van der Waals surface area contributed by atoms with Gasteiger partial charge in [0.15, 0.2) is 18.1 Å². The van der Waals surface area contributed by atoms with Gasteiger partial charge in [-0.15, -0.1) is 11.3 Å². The van der Waals surface area contributed by atoms with Gasteiger partial charge in [0.05, 0.1) is 31.5 Å². The Kier molecular flexibility index (Phi) is 7.18. The number of benzene rings is 2. The first-order chi connectivity index (χ1) is 18.1. The molecule has 2 aromatic heterocycles. The van der Waals surface area contributed by atoms with Crippen LogP contribution in [0, 0.1) is 0 Å². The summed E-state index contributed by atoms with van der Waals surface area (Å²) in [6, 6.07) is 12.3. The minimum absolute atomic E-state index is 0.159. The summed E-state index contributed by atoms with van der Waals surface area (Å²) in [4.78, 5) is 32.0. The van der Waals surface area contributed by atoms with Crippen LogP contribution < -0.4 is 25.1 Å². The van der Waals surface area contributed by atoms with Crippen molar-refractivity contribution in [3.05, 3.63) is 75.1 Å². The number of fused-ring (bicyclic) bond motifs is 3. The van der Waals surface area contributed by atoms with Crippen molar-refractivity contribution in [2.24, 2.45) is 5.10 Å². The molecule has 9 nitrogen and oxygen atoms in total. The number of aromatic nitrogens is 2. The molecular weight excluding hydrogens is 492 g/mol. The van der Waals surface area contributed by atoms with E-state index in [2.05, 4.69) is 15.4 Å². The molecular formula is C27H26N4O5S. The van der Waals surface area contributed by atoms with E-state index in [0.29, 0.717) is 33.9 Å². The average Bonchev–Trinajstić information content (AvgIpc) is 3.31. The maximum Gasteiger partial charge on any atom is 0.282 e. The number of aryl methyl sites for hydroxylation is 2. The molecule has 0 unspecified atom stereocenters. The Hall–Kier alpha value is -4.18. The molecule has 0 atom stereocenters. The maximum absolute atomic E-state index is 13.1. The van der Waals surface area contributed by atoms with Crippen molar-refractivity contribution in [2.45, 2.75) is 25.7 Å². The van der Waals surface area contributed by atoms with Gasteiger partial charge in [0.1, 0.15) is 16.9 Å². The third kappa shape index (κ3) is 5.19. The Morgan fingerprint density at radius 3 is 2.76 bits per heavy atom. The van der Waals surface area contributed by atoms with Crippen molar-refractivity contribution < 1.29 is 19.0 Å². The SMILES string of the molecule is COc1ccccc1NC(=O)COc1ccc(/C=N/n2cnc3sc4c(c3c2=O)CCCC4)cc1OC. The van der Waals surface area contributed by atoms with Crippen molar-refractivity contribution in [1.82, 2.24) is 9.66 Å². The van der Waals surface area contributed by atoms with E-state index in [1.165, 1.54) is 30.1 Å². The topological polar surface area (TPSA) is 104 Å². The largest absolute Gasteiger partial charge is 0.495 e. The second kappa shape index (κ2) is 10.8. The molecule has 0 aliphatic heterocycles. The first kappa shape index (κ1) is 24.5. The summed E-state index contributed by atoms with van der Waals surface area (Å²) in [5.41, 5.74) is 2.23. The summed E-state index contributed by atoms with van der Waals surface area (Å²) in [5, 5.41) is 7.80. The van der Waals surface area contributed by atoms with E-state index < -0.39 is 0 Å². The van der Waals surface area contributed by atoms with Gasteiger partial charge in [0.25, 0.3) is 11.5 Å². The van der Waals surface area contributed by atoms with Crippen LogP contribution in [0.2, 0.25) is 0 Å². The van der Waals surface area contributed by atoms with Gasteiger partial charge in [-0.3, -0.25) is 9.59 Å². The lowest BCUT2D eigenvalue weighted by atomic mass is 9.97. The molecule has 0 bridgehead atoms. The van der Waals surface area contributed by atoms with Crippen LogP contribution in [0.5, 0.6) is 17.2 Å². The zero-order chi connectivity index (χ0) is 25.8. The number of nitrogens with one attached hydrogen (secondary N) is 1. The third-order valence-corrected chi connectivity index (χ3v) is 7.32. The monoisotopic (exact) mass is 518 g/mol. The van der Waals surface area contributed by atoms with Gasteiger partial charge in [-0.05, 0) is 67.1 Å². The Balaban J connectivity index is 1.29. The Bertz CT molecular complexity index is 1540. The molecule has 1 N–H and O–H groups in total. The Morgan fingerprint density at radius 1 is 1.11 bits per heavy atom. The number of amides is 1. The third-order valence-electron chi connectivity index (χ3n) is 6.12. The second-order valence-corrected chi connectivity index (χ2v) is 9.56. The fourth-order valence-corrected chi connectivity index (χ4v) is 5.53. The van der Waals surface area contributed by atoms with Gasteiger partial charge in [-0.25, -0.2) is 4.98 Å². The average molecular weight is 519 g/mol. The molecule has 2 heterocycles. The molecule has 10 heteroatoms. The van der Waals surface area contributed by atoms with Crippen molar-refractivity contribution in [3.8, 4) is 17.2 Å². The number of carbonyl (C=O) groups is 1.